The first-order valence-corrected chi connectivity index (χ1v) is 12.7. The predicted octanol–water partition coefficient (Wildman–Crippen LogP) is 5.17. The number of hydrogen-bond donors (Lipinski definition) is 0. The van der Waals surface area contributed by atoms with Crippen molar-refractivity contribution in [3.05, 3.63) is 62.3 Å². The molecule has 2 atom stereocenters. The van der Waals surface area contributed by atoms with Crippen molar-refractivity contribution < 1.29 is 12.8 Å². The topological polar surface area (TPSA) is 49.7 Å². The molecule has 0 spiro atoms. The monoisotopic (exact) mass is 522 g/mol. The number of thioether (sulfide) groups is 1. The Bertz CT molecular complexity index is 1080. The van der Waals surface area contributed by atoms with Gasteiger partial charge in [0.15, 0.2) is 15.0 Å². The maximum absolute atomic E-state index is 14.7. The molecule has 1 saturated heterocycles. The van der Waals surface area contributed by atoms with E-state index in [1.165, 1.54) is 17.8 Å². The largest absolute Gasteiger partial charge is 0.312 e. The molecule has 2 aliphatic heterocycles. The van der Waals surface area contributed by atoms with E-state index in [2.05, 4.69) is 20.9 Å². The third-order valence-electron chi connectivity index (χ3n) is 4.63. The zero-order chi connectivity index (χ0) is 20.1. The molecule has 2 aromatic rings. The van der Waals surface area contributed by atoms with Crippen molar-refractivity contribution in [2.75, 3.05) is 16.4 Å². The highest BCUT2D eigenvalue weighted by Gasteiger charge is 2.47. The van der Waals surface area contributed by atoms with Gasteiger partial charge in [0.25, 0.3) is 0 Å². The quantitative estimate of drug-likeness (QED) is 0.556. The van der Waals surface area contributed by atoms with Gasteiger partial charge in [-0.3, -0.25) is 4.99 Å². The lowest BCUT2D eigenvalue weighted by Gasteiger charge is -2.27. The van der Waals surface area contributed by atoms with Crippen molar-refractivity contribution in [1.29, 1.82) is 0 Å². The molecule has 0 aromatic heterocycles. The van der Waals surface area contributed by atoms with Crippen LogP contribution < -0.4 is 4.90 Å². The van der Waals surface area contributed by atoms with Gasteiger partial charge in [0.05, 0.1) is 39.3 Å². The second kappa shape index (κ2) is 7.80. The molecule has 0 amide bonds. The molecule has 0 aliphatic carbocycles. The number of halogens is 4. The molecule has 2 aliphatic rings. The van der Waals surface area contributed by atoms with Gasteiger partial charge in [-0.15, -0.1) is 0 Å². The van der Waals surface area contributed by atoms with E-state index in [-0.39, 0.29) is 17.5 Å². The van der Waals surface area contributed by atoms with E-state index in [4.69, 9.17) is 23.2 Å². The Labute approximate surface area is 185 Å². The molecule has 148 valence electrons. The minimum atomic E-state index is -3.19. The molecular formula is C18H14BrCl2FN2O2S2. The Morgan fingerprint density at radius 3 is 2.68 bits per heavy atom. The highest BCUT2D eigenvalue weighted by atomic mass is 79.9. The van der Waals surface area contributed by atoms with Crippen LogP contribution in [0.1, 0.15) is 5.56 Å². The van der Waals surface area contributed by atoms with E-state index in [9.17, 15) is 12.8 Å². The van der Waals surface area contributed by atoms with Crippen LogP contribution in [0.3, 0.4) is 0 Å². The Morgan fingerprint density at radius 2 is 1.96 bits per heavy atom. The standard InChI is InChI=1S/C18H14BrCl2FN2O2S2/c19-11-2-4-16(14(22)6-11)24-17-9-28(25,26)8-15(17)23-18(24)27-7-10-1-3-12(20)13(21)5-10/h1-6,15,17H,7-9H2. The summed E-state index contributed by atoms with van der Waals surface area (Å²) in [5.74, 6) is 0.0786. The molecule has 2 unspecified atom stereocenters. The third-order valence-corrected chi connectivity index (χ3v) is 8.60. The van der Waals surface area contributed by atoms with Crippen molar-refractivity contribution in [2.24, 2.45) is 4.99 Å². The summed E-state index contributed by atoms with van der Waals surface area (Å²) in [6.07, 6.45) is 0. The molecular weight excluding hydrogens is 510 g/mol. The highest BCUT2D eigenvalue weighted by Crippen LogP contribution is 2.38. The molecule has 4 rings (SSSR count). The SMILES string of the molecule is O=S1(=O)CC2N=C(SCc3ccc(Cl)c(Cl)c3)N(c3ccc(Br)cc3F)C2C1. The Morgan fingerprint density at radius 1 is 1.18 bits per heavy atom. The fourth-order valence-corrected chi connectivity index (χ4v) is 6.93. The molecule has 2 aromatic carbocycles. The lowest BCUT2D eigenvalue weighted by Crippen LogP contribution is -2.39. The van der Waals surface area contributed by atoms with Gasteiger partial charge in [-0.25, -0.2) is 12.8 Å². The van der Waals surface area contributed by atoms with E-state index >= 15 is 0 Å². The summed E-state index contributed by atoms with van der Waals surface area (Å²) < 4.78 is 39.5. The maximum Gasteiger partial charge on any atom is 0.164 e. The molecule has 4 nitrogen and oxygen atoms in total. The summed E-state index contributed by atoms with van der Waals surface area (Å²) in [4.78, 5) is 6.33. The smallest absolute Gasteiger partial charge is 0.164 e. The van der Waals surface area contributed by atoms with Crippen molar-refractivity contribution in [1.82, 2.24) is 0 Å². The first-order valence-electron chi connectivity index (χ1n) is 8.33. The Balaban J connectivity index is 1.64. The van der Waals surface area contributed by atoms with E-state index in [0.29, 0.717) is 31.1 Å². The van der Waals surface area contributed by atoms with Crippen molar-refractivity contribution >= 4 is 71.6 Å². The Kier molecular flexibility index (Phi) is 5.70. The van der Waals surface area contributed by atoms with E-state index in [1.807, 2.05) is 6.07 Å². The molecule has 10 heteroatoms. The van der Waals surface area contributed by atoms with Gasteiger partial charge in [-0.2, -0.15) is 0 Å². The van der Waals surface area contributed by atoms with Gasteiger partial charge in [-0.1, -0.05) is 57.0 Å². The minimum absolute atomic E-state index is 0.0108. The molecule has 2 heterocycles. The average Bonchev–Trinajstić information content (AvgIpc) is 3.08. The lowest BCUT2D eigenvalue weighted by molar-refractivity contribution is 0.600. The second-order valence-corrected chi connectivity index (χ2v) is 11.5. The summed E-state index contributed by atoms with van der Waals surface area (Å²) in [5.41, 5.74) is 1.27. The number of aliphatic imine (C=N–C) groups is 1. The average molecular weight is 524 g/mol. The van der Waals surface area contributed by atoms with Gasteiger partial charge in [0.1, 0.15) is 5.82 Å². The zero-order valence-corrected chi connectivity index (χ0v) is 19.0. The number of hydrogen-bond acceptors (Lipinski definition) is 5. The van der Waals surface area contributed by atoms with Crippen LogP contribution in [0.15, 0.2) is 45.9 Å². The number of anilines is 1. The number of fused-ring (bicyclic) bond motifs is 1. The van der Waals surface area contributed by atoms with Crippen LogP contribution in [-0.4, -0.2) is 37.2 Å². The molecule has 0 bridgehead atoms. The maximum atomic E-state index is 14.7. The zero-order valence-electron chi connectivity index (χ0n) is 14.3. The van der Waals surface area contributed by atoms with E-state index < -0.39 is 21.7 Å². The summed E-state index contributed by atoms with van der Waals surface area (Å²) in [5, 5.41) is 1.55. The first kappa shape index (κ1) is 20.5. The number of amidine groups is 1. The van der Waals surface area contributed by atoms with Crippen LogP contribution in [0.4, 0.5) is 10.1 Å². The van der Waals surface area contributed by atoms with Gasteiger partial charge < -0.3 is 4.90 Å². The van der Waals surface area contributed by atoms with Crippen LogP contribution in [0.25, 0.3) is 0 Å². The fourth-order valence-electron chi connectivity index (χ4n) is 3.37. The van der Waals surface area contributed by atoms with Crippen molar-refractivity contribution in [3.8, 4) is 0 Å². The summed E-state index contributed by atoms with van der Waals surface area (Å²) in [6.45, 7) is 0. The molecule has 0 N–H and O–H groups in total. The van der Waals surface area contributed by atoms with Gasteiger partial charge in [0, 0.05) is 10.2 Å². The van der Waals surface area contributed by atoms with E-state index in [1.54, 1.807) is 29.2 Å². The summed E-state index contributed by atoms with van der Waals surface area (Å²) in [6, 6.07) is 9.34. The van der Waals surface area contributed by atoms with Crippen molar-refractivity contribution in [2.45, 2.75) is 17.8 Å². The predicted molar refractivity (Wildman–Crippen MR) is 118 cm³/mol. The molecule has 1 fully saturated rings. The van der Waals surface area contributed by atoms with Crippen molar-refractivity contribution in [3.63, 3.8) is 0 Å². The second-order valence-electron chi connectivity index (χ2n) is 6.63. The Hall–Kier alpha value is -0.800. The molecule has 28 heavy (non-hydrogen) atoms. The van der Waals surface area contributed by atoms with Gasteiger partial charge in [0.2, 0.25) is 0 Å². The third kappa shape index (κ3) is 4.07. The van der Waals surface area contributed by atoms with Crippen LogP contribution in [0.5, 0.6) is 0 Å². The lowest BCUT2D eigenvalue weighted by atomic mass is 10.1. The van der Waals surface area contributed by atoms with Gasteiger partial charge >= 0.3 is 0 Å². The number of sulfone groups is 1. The van der Waals surface area contributed by atoms with Crippen LogP contribution in [0.2, 0.25) is 10.0 Å². The normalized spacial score (nSPS) is 23.0. The van der Waals surface area contributed by atoms with Crippen LogP contribution >= 0.6 is 50.9 Å². The van der Waals surface area contributed by atoms with Crippen LogP contribution in [-0.2, 0) is 15.6 Å². The van der Waals surface area contributed by atoms with E-state index in [0.717, 1.165) is 5.56 Å². The summed E-state index contributed by atoms with van der Waals surface area (Å²) >= 11 is 16.7. The highest BCUT2D eigenvalue weighted by molar-refractivity contribution is 9.10. The number of rotatable bonds is 3. The fraction of sp³-hybridized carbons (Fsp3) is 0.278. The molecule has 0 radical (unpaired) electrons. The first-order chi connectivity index (χ1) is 13.2. The van der Waals surface area contributed by atoms with Gasteiger partial charge in [-0.05, 0) is 35.9 Å². The number of benzene rings is 2. The van der Waals surface area contributed by atoms with Crippen LogP contribution in [0, 0.1) is 5.82 Å². The molecule has 0 saturated carbocycles. The minimum Gasteiger partial charge on any atom is -0.312 e. The summed E-state index contributed by atoms with van der Waals surface area (Å²) in [7, 11) is -3.19. The number of nitrogens with zero attached hydrogens (tertiary/aromatic N) is 2.